The van der Waals surface area contributed by atoms with Crippen LogP contribution in [0.5, 0.6) is 0 Å². The van der Waals surface area contributed by atoms with Crippen molar-refractivity contribution in [3.63, 3.8) is 0 Å². The van der Waals surface area contributed by atoms with Crippen molar-refractivity contribution >= 4 is 49.5 Å². The molecule has 2 atom stereocenters. The van der Waals surface area contributed by atoms with E-state index in [-0.39, 0.29) is 12.2 Å². The molecule has 0 aliphatic carbocycles. The molecule has 20 heavy (non-hydrogen) atoms. The van der Waals surface area contributed by atoms with Crippen LogP contribution in [0, 0.1) is 0 Å². The lowest BCUT2D eigenvalue weighted by Crippen LogP contribution is -2.39. The third-order valence-electron chi connectivity index (χ3n) is 2.53. The maximum atomic E-state index is 12.1. The van der Waals surface area contributed by atoms with Gasteiger partial charge < -0.3 is 10.4 Å². The van der Waals surface area contributed by atoms with Gasteiger partial charge in [0.15, 0.2) is 5.78 Å². The molecule has 0 fully saturated rings. The van der Waals surface area contributed by atoms with Gasteiger partial charge in [0.25, 0.3) is 0 Å². The summed E-state index contributed by atoms with van der Waals surface area (Å²) in [6.45, 7) is 1.36. The Morgan fingerprint density at radius 2 is 1.80 bits per heavy atom. The van der Waals surface area contributed by atoms with E-state index in [1.54, 1.807) is 24.3 Å². The van der Waals surface area contributed by atoms with Crippen LogP contribution >= 0.6 is 31.9 Å². The lowest BCUT2D eigenvalue weighted by molar-refractivity contribution is -0.141. The number of aliphatic carboxylic acids is 1. The number of rotatable bonds is 6. The second-order valence-electron chi connectivity index (χ2n) is 4.17. The largest absolute Gasteiger partial charge is 0.480 e. The number of nitrogens with one attached hydrogen (secondary N) is 1. The summed E-state index contributed by atoms with van der Waals surface area (Å²) in [5.74, 6) is -1.84. The minimum absolute atomic E-state index is 0.119. The number of carbonyl (C=O) groups excluding carboxylic acids is 2. The van der Waals surface area contributed by atoms with Crippen molar-refractivity contribution in [2.24, 2.45) is 0 Å². The molecule has 7 heteroatoms. The molecule has 0 spiro atoms. The Morgan fingerprint density at radius 3 is 2.30 bits per heavy atom. The number of carboxylic acids is 1. The van der Waals surface area contributed by atoms with Gasteiger partial charge in [-0.1, -0.05) is 44.0 Å². The number of ketones is 1. The fraction of sp³-hybridized carbons (Fsp3) is 0.308. The second kappa shape index (κ2) is 7.54. The highest BCUT2D eigenvalue weighted by atomic mass is 79.9. The average Bonchev–Trinajstić information content (AvgIpc) is 2.38. The zero-order chi connectivity index (χ0) is 15.3. The first-order valence-corrected chi connectivity index (χ1v) is 7.48. The van der Waals surface area contributed by atoms with E-state index in [0.29, 0.717) is 5.56 Å². The van der Waals surface area contributed by atoms with Gasteiger partial charge in [-0.3, -0.25) is 14.4 Å². The van der Waals surface area contributed by atoms with Gasteiger partial charge in [0, 0.05) is 16.5 Å². The maximum absolute atomic E-state index is 12.1. The Bertz CT molecular complexity index is 516. The summed E-state index contributed by atoms with van der Waals surface area (Å²) in [4.78, 5) is 33.6. The summed E-state index contributed by atoms with van der Waals surface area (Å²) < 4.78 is 0.855. The first kappa shape index (κ1) is 16.8. The van der Waals surface area contributed by atoms with Crippen LogP contribution in [0.3, 0.4) is 0 Å². The average molecular weight is 407 g/mol. The van der Waals surface area contributed by atoms with Gasteiger partial charge in [0.05, 0.1) is 4.83 Å². The summed E-state index contributed by atoms with van der Waals surface area (Å²) >= 11 is 6.43. The Labute approximate surface area is 133 Å². The van der Waals surface area contributed by atoms with Crippen molar-refractivity contribution in [1.29, 1.82) is 0 Å². The summed E-state index contributed by atoms with van der Waals surface area (Å²) in [7, 11) is 0. The molecule has 0 saturated heterocycles. The van der Waals surface area contributed by atoms with Crippen molar-refractivity contribution in [2.45, 2.75) is 24.2 Å². The summed E-state index contributed by atoms with van der Waals surface area (Å²) in [5.41, 5.74) is 0.481. The molecule has 0 heterocycles. The maximum Gasteiger partial charge on any atom is 0.325 e. The topological polar surface area (TPSA) is 83.5 Å². The van der Waals surface area contributed by atoms with Crippen LogP contribution in [0.2, 0.25) is 0 Å². The Morgan fingerprint density at radius 1 is 1.25 bits per heavy atom. The quantitative estimate of drug-likeness (QED) is 0.561. The Balaban J connectivity index is 2.59. The van der Waals surface area contributed by atoms with Gasteiger partial charge in [0.1, 0.15) is 6.04 Å². The van der Waals surface area contributed by atoms with Crippen LogP contribution in [0.1, 0.15) is 23.7 Å². The Hall–Kier alpha value is -1.21. The number of alkyl halides is 1. The predicted octanol–water partition coefficient (Wildman–Crippen LogP) is 2.37. The third-order valence-corrected chi connectivity index (χ3v) is 3.79. The van der Waals surface area contributed by atoms with Gasteiger partial charge in [-0.05, 0) is 19.1 Å². The second-order valence-corrected chi connectivity index (χ2v) is 6.19. The number of amides is 1. The van der Waals surface area contributed by atoms with E-state index < -0.39 is 22.7 Å². The number of carbonyl (C=O) groups is 3. The molecule has 0 bridgehead atoms. The lowest BCUT2D eigenvalue weighted by atomic mass is 10.1. The summed E-state index contributed by atoms with van der Waals surface area (Å²) in [5, 5.41) is 11.0. The van der Waals surface area contributed by atoms with Crippen LogP contribution in [0.15, 0.2) is 28.7 Å². The number of carboxylic acid groups (broad SMARTS) is 1. The van der Waals surface area contributed by atoms with E-state index in [4.69, 9.17) is 5.11 Å². The van der Waals surface area contributed by atoms with E-state index >= 15 is 0 Å². The minimum Gasteiger partial charge on any atom is -0.480 e. The van der Waals surface area contributed by atoms with Crippen molar-refractivity contribution in [1.82, 2.24) is 5.32 Å². The molecule has 0 radical (unpaired) electrons. The van der Waals surface area contributed by atoms with Crippen LogP contribution in [0.25, 0.3) is 0 Å². The molecule has 0 aliphatic rings. The number of benzene rings is 1. The van der Waals surface area contributed by atoms with Crippen molar-refractivity contribution < 1.29 is 19.5 Å². The van der Waals surface area contributed by atoms with E-state index in [9.17, 15) is 14.4 Å². The van der Waals surface area contributed by atoms with Crippen LogP contribution in [0.4, 0.5) is 0 Å². The van der Waals surface area contributed by atoms with Gasteiger partial charge in [-0.25, -0.2) is 0 Å². The molecule has 108 valence electrons. The SMILES string of the molecule is C[C@H](NC(=O)CC(Br)C(=O)c1ccc(Br)cc1)C(=O)O. The molecule has 0 saturated carbocycles. The van der Waals surface area contributed by atoms with Crippen molar-refractivity contribution in [3.8, 4) is 0 Å². The molecule has 5 nitrogen and oxygen atoms in total. The van der Waals surface area contributed by atoms with Crippen LogP contribution in [-0.2, 0) is 9.59 Å². The number of hydrogen-bond donors (Lipinski definition) is 2. The summed E-state index contributed by atoms with van der Waals surface area (Å²) in [6, 6.07) is 5.79. The molecule has 2 N–H and O–H groups in total. The highest BCUT2D eigenvalue weighted by Crippen LogP contribution is 2.16. The van der Waals surface area contributed by atoms with Gasteiger partial charge >= 0.3 is 5.97 Å². The van der Waals surface area contributed by atoms with Gasteiger partial charge in [-0.2, -0.15) is 0 Å². The number of hydrogen-bond acceptors (Lipinski definition) is 3. The molecule has 0 aromatic heterocycles. The molecule has 1 aromatic carbocycles. The summed E-state index contributed by atoms with van der Waals surface area (Å²) in [6.07, 6.45) is -0.119. The van der Waals surface area contributed by atoms with Crippen molar-refractivity contribution in [2.75, 3.05) is 0 Å². The van der Waals surface area contributed by atoms with E-state index in [1.807, 2.05) is 0 Å². The van der Waals surface area contributed by atoms with E-state index in [2.05, 4.69) is 37.2 Å². The zero-order valence-electron chi connectivity index (χ0n) is 10.6. The predicted molar refractivity (Wildman–Crippen MR) is 81.0 cm³/mol. The van der Waals surface area contributed by atoms with Crippen LogP contribution < -0.4 is 5.32 Å². The normalized spacial score (nSPS) is 13.3. The number of Topliss-reactive ketones (excluding diaryl/α,β-unsaturated/α-hetero) is 1. The van der Waals surface area contributed by atoms with Crippen LogP contribution in [-0.4, -0.2) is 33.6 Å². The van der Waals surface area contributed by atoms with Crippen molar-refractivity contribution in [3.05, 3.63) is 34.3 Å². The van der Waals surface area contributed by atoms with E-state index in [1.165, 1.54) is 6.92 Å². The molecular weight excluding hydrogens is 394 g/mol. The molecule has 1 rings (SSSR count). The Kier molecular flexibility index (Phi) is 6.35. The smallest absolute Gasteiger partial charge is 0.325 e. The molecule has 1 aromatic rings. The fourth-order valence-electron chi connectivity index (χ4n) is 1.41. The fourth-order valence-corrected chi connectivity index (χ4v) is 2.24. The highest BCUT2D eigenvalue weighted by Gasteiger charge is 2.22. The molecular formula is C13H13Br2NO4. The first-order valence-electron chi connectivity index (χ1n) is 5.77. The standard InChI is InChI=1S/C13H13Br2NO4/c1-7(13(19)20)16-11(17)6-10(15)12(18)8-2-4-9(14)5-3-8/h2-5,7,10H,6H2,1H3,(H,16,17)(H,19,20)/t7-,10?/m0/s1. The van der Waals surface area contributed by atoms with E-state index in [0.717, 1.165) is 4.47 Å². The van der Waals surface area contributed by atoms with Gasteiger partial charge in [0.2, 0.25) is 5.91 Å². The monoisotopic (exact) mass is 405 g/mol. The van der Waals surface area contributed by atoms with Gasteiger partial charge in [-0.15, -0.1) is 0 Å². The lowest BCUT2D eigenvalue weighted by Gasteiger charge is -2.12. The molecule has 0 aliphatic heterocycles. The number of halogens is 2. The molecule has 1 amide bonds. The zero-order valence-corrected chi connectivity index (χ0v) is 13.8. The first-order chi connectivity index (χ1) is 9.31. The third kappa shape index (κ3) is 5.05. The highest BCUT2D eigenvalue weighted by molar-refractivity contribution is 9.10. The molecule has 1 unspecified atom stereocenters. The minimum atomic E-state index is -1.12.